The van der Waals surface area contributed by atoms with Crippen molar-refractivity contribution >= 4 is 27.8 Å². The maximum Gasteiger partial charge on any atom is 0.354 e. The lowest BCUT2D eigenvalue weighted by Crippen LogP contribution is -2.00. The van der Waals surface area contributed by atoms with Crippen LogP contribution in [0.5, 0.6) is 0 Å². The van der Waals surface area contributed by atoms with Crippen LogP contribution in [0.4, 0.5) is 0 Å². The molecule has 0 spiro atoms. The summed E-state index contributed by atoms with van der Waals surface area (Å²) in [5.41, 5.74) is 3.53. The highest BCUT2D eigenvalue weighted by Crippen LogP contribution is 2.32. The van der Waals surface area contributed by atoms with Gasteiger partial charge in [0.2, 0.25) is 0 Å². The van der Waals surface area contributed by atoms with Gasteiger partial charge in [0.15, 0.2) is 0 Å². The Morgan fingerprint density at radius 1 is 0.870 bits per heavy atom. The summed E-state index contributed by atoms with van der Waals surface area (Å²) in [6.07, 6.45) is 1.76. The zero-order chi connectivity index (χ0) is 15.8. The topological polar surface area (TPSA) is 63.1 Å². The average Bonchev–Trinajstić information content (AvgIpc) is 2.60. The molecule has 0 bridgehead atoms. The van der Waals surface area contributed by atoms with Gasteiger partial charge in [-0.3, -0.25) is 4.98 Å². The van der Waals surface area contributed by atoms with Gasteiger partial charge in [0, 0.05) is 22.5 Å². The number of hydrogen-bond acceptors (Lipinski definition) is 3. The van der Waals surface area contributed by atoms with Crippen molar-refractivity contribution < 1.29 is 9.90 Å². The van der Waals surface area contributed by atoms with Gasteiger partial charge < -0.3 is 5.11 Å². The van der Waals surface area contributed by atoms with Crippen LogP contribution in [-0.4, -0.2) is 21.0 Å². The quantitative estimate of drug-likeness (QED) is 0.604. The van der Waals surface area contributed by atoms with Crippen LogP contribution in [0.3, 0.4) is 0 Å². The molecule has 0 amide bonds. The molecular weight excluding hydrogens is 288 g/mol. The van der Waals surface area contributed by atoms with Gasteiger partial charge in [-0.2, -0.15) is 0 Å². The summed E-state index contributed by atoms with van der Waals surface area (Å²) in [5, 5.41) is 11.1. The fourth-order valence-electron chi connectivity index (χ4n) is 2.82. The Morgan fingerprint density at radius 2 is 1.70 bits per heavy atom. The second kappa shape index (κ2) is 5.18. The first-order valence-electron chi connectivity index (χ1n) is 7.21. The molecule has 1 N–H and O–H groups in total. The van der Waals surface area contributed by atoms with E-state index in [2.05, 4.69) is 9.97 Å². The number of aromatic carboxylic acids is 1. The van der Waals surface area contributed by atoms with Gasteiger partial charge in [-0.25, -0.2) is 9.78 Å². The maximum absolute atomic E-state index is 11.2. The third-order valence-electron chi connectivity index (χ3n) is 3.88. The highest BCUT2D eigenvalue weighted by Gasteiger charge is 2.11. The average molecular weight is 300 g/mol. The minimum atomic E-state index is -1.03. The monoisotopic (exact) mass is 300 g/mol. The fourth-order valence-corrected chi connectivity index (χ4v) is 2.82. The van der Waals surface area contributed by atoms with E-state index in [-0.39, 0.29) is 5.69 Å². The molecule has 0 unspecified atom stereocenters. The Labute approximate surface area is 132 Å². The number of aromatic nitrogens is 2. The van der Waals surface area contributed by atoms with Crippen molar-refractivity contribution in [3.05, 3.63) is 72.6 Å². The number of rotatable bonds is 2. The molecule has 0 fully saturated rings. The normalized spacial score (nSPS) is 11.0. The number of benzene rings is 2. The molecule has 23 heavy (non-hydrogen) atoms. The Hall–Kier alpha value is -3.27. The number of fused-ring (bicyclic) bond motifs is 2. The molecule has 2 heterocycles. The smallest absolute Gasteiger partial charge is 0.354 e. The fraction of sp³-hybridized carbons (Fsp3) is 0. The van der Waals surface area contributed by atoms with Crippen LogP contribution in [0.25, 0.3) is 32.9 Å². The van der Waals surface area contributed by atoms with E-state index >= 15 is 0 Å². The first kappa shape index (κ1) is 13.4. The van der Waals surface area contributed by atoms with E-state index in [0.29, 0.717) is 5.52 Å². The lowest BCUT2D eigenvalue weighted by atomic mass is 9.98. The van der Waals surface area contributed by atoms with Crippen molar-refractivity contribution in [1.29, 1.82) is 0 Å². The molecule has 2 aromatic carbocycles. The van der Waals surface area contributed by atoms with Gasteiger partial charge in [-0.05, 0) is 23.8 Å². The van der Waals surface area contributed by atoms with Gasteiger partial charge in [0.05, 0.1) is 11.0 Å². The molecule has 4 rings (SSSR count). The Morgan fingerprint density at radius 3 is 2.57 bits per heavy atom. The van der Waals surface area contributed by atoms with Gasteiger partial charge >= 0.3 is 5.97 Å². The SMILES string of the molecule is O=C(O)c1ccc2cccc(-c3cccc4ncccc34)c2n1. The summed E-state index contributed by atoms with van der Waals surface area (Å²) in [7, 11) is 0. The molecule has 0 radical (unpaired) electrons. The Balaban J connectivity index is 2.08. The first-order valence-corrected chi connectivity index (χ1v) is 7.21. The van der Waals surface area contributed by atoms with Gasteiger partial charge in [-0.1, -0.05) is 42.5 Å². The van der Waals surface area contributed by atoms with Crippen molar-refractivity contribution in [2.75, 3.05) is 0 Å². The Bertz CT molecular complexity index is 1050. The van der Waals surface area contributed by atoms with E-state index < -0.39 is 5.97 Å². The van der Waals surface area contributed by atoms with Crippen molar-refractivity contribution in [3.63, 3.8) is 0 Å². The van der Waals surface area contributed by atoms with Crippen LogP contribution >= 0.6 is 0 Å². The lowest BCUT2D eigenvalue weighted by molar-refractivity contribution is 0.0691. The number of carbonyl (C=O) groups is 1. The van der Waals surface area contributed by atoms with Gasteiger partial charge in [0.1, 0.15) is 5.69 Å². The van der Waals surface area contributed by atoms with Crippen molar-refractivity contribution in [3.8, 4) is 11.1 Å². The lowest BCUT2D eigenvalue weighted by Gasteiger charge is -2.09. The highest BCUT2D eigenvalue weighted by molar-refractivity contribution is 6.03. The third-order valence-corrected chi connectivity index (χ3v) is 3.88. The van der Waals surface area contributed by atoms with E-state index in [0.717, 1.165) is 27.4 Å². The standard InChI is InChI=1S/C19H12N2O2/c22-19(23)17-10-9-12-4-1-6-15(18(12)21-17)13-5-2-8-16-14(13)7-3-11-20-16/h1-11H,(H,22,23). The summed E-state index contributed by atoms with van der Waals surface area (Å²) in [6, 6.07) is 19.0. The van der Waals surface area contributed by atoms with E-state index in [1.807, 2.05) is 48.5 Å². The summed E-state index contributed by atoms with van der Waals surface area (Å²) in [4.78, 5) is 19.9. The molecule has 110 valence electrons. The number of carboxylic acid groups (broad SMARTS) is 1. The second-order valence-corrected chi connectivity index (χ2v) is 5.25. The first-order chi connectivity index (χ1) is 11.2. The van der Waals surface area contributed by atoms with Crippen LogP contribution in [0.15, 0.2) is 66.9 Å². The zero-order valence-corrected chi connectivity index (χ0v) is 12.1. The molecule has 0 saturated heterocycles. The number of hydrogen-bond donors (Lipinski definition) is 1. The minimum absolute atomic E-state index is 0.0447. The zero-order valence-electron chi connectivity index (χ0n) is 12.1. The van der Waals surface area contributed by atoms with Crippen molar-refractivity contribution in [2.24, 2.45) is 0 Å². The molecule has 0 aliphatic heterocycles. The van der Waals surface area contributed by atoms with Crippen molar-refractivity contribution in [1.82, 2.24) is 9.97 Å². The second-order valence-electron chi connectivity index (χ2n) is 5.25. The van der Waals surface area contributed by atoms with Crippen LogP contribution in [-0.2, 0) is 0 Å². The van der Waals surface area contributed by atoms with Crippen LogP contribution in [0, 0.1) is 0 Å². The molecule has 4 nitrogen and oxygen atoms in total. The van der Waals surface area contributed by atoms with E-state index in [9.17, 15) is 9.90 Å². The van der Waals surface area contributed by atoms with Crippen molar-refractivity contribution in [2.45, 2.75) is 0 Å². The molecule has 0 saturated carbocycles. The molecule has 4 heteroatoms. The third kappa shape index (κ3) is 2.21. The van der Waals surface area contributed by atoms with E-state index in [1.54, 1.807) is 12.3 Å². The van der Waals surface area contributed by atoms with Crippen LogP contribution in [0.2, 0.25) is 0 Å². The molecule has 2 aromatic heterocycles. The van der Waals surface area contributed by atoms with Gasteiger partial charge in [-0.15, -0.1) is 0 Å². The summed E-state index contributed by atoms with van der Waals surface area (Å²) in [6.45, 7) is 0. The number of para-hydroxylation sites is 1. The molecule has 0 aliphatic rings. The number of carboxylic acids is 1. The predicted molar refractivity (Wildman–Crippen MR) is 89.4 cm³/mol. The molecule has 0 aliphatic carbocycles. The largest absolute Gasteiger partial charge is 0.477 e. The maximum atomic E-state index is 11.2. The molecular formula is C19H12N2O2. The predicted octanol–water partition coefficient (Wildman–Crippen LogP) is 4.15. The number of nitrogens with zero attached hydrogens (tertiary/aromatic N) is 2. The van der Waals surface area contributed by atoms with E-state index in [1.165, 1.54) is 6.07 Å². The summed E-state index contributed by atoms with van der Waals surface area (Å²) < 4.78 is 0. The summed E-state index contributed by atoms with van der Waals surface area (Å²) >= 11 is 0. The molecule has 0 atom stereocenters. The molecule has 4 aromatic rings. The summed E-state index contributed by atoms with van der Waals surface area (Å²) in [5.74, 6) is -1.03. The van der Waals surface area contributed by atoms with Gasteiger partial charge in [0.25, 0.3) is 0 Å². The van der Waals surface area contributed by atoms with Crippen LogP contribution < -0.4 is 0 Å². The highest BCUT2D eigenvalue weighted by atomic mass is 16.4. The Kier molecular flexibility index (Phi) is 3.01. The minimum Gasteiger partial charge on any atom is -0.477 e. The number of pyridine rings is 2. The van der Waals surface area contributed by atoms with Crippen LogP contribution in [0.1, 0.15) is 10.5 Å². The van der Waals surface area contributed by atoms with E-state index in [4.69, 9.17) is 0 Å².